The SMILES string of the molecule is CCNC(=O)C(C)NC(C)c1c(O)cccc1O. The summed E-state index contributed by atoms with van der Waals surface area (Å²) in [5.74, 6) is -0.0875. The van der Waals surface area contributed by atoms with Gasteiger partial charge in [-0.2, -0.15) is 0 Å². The van der Waals surface area contributed by atoms with Crippen LogP contribution in [0.5, 0.6) is 11.5 Å². The van der Waals surface area contributed by atoms with Crippen LogP contribution >= 0.6 is 0 Å². The van der Waals surface area contributed by atoms with Crippen molar-refractivity contribution in [3.63, 3.8) is 0 Å². The van der Waals surface area contributed by atoms with Crippen molar-refractivity contribution in [1.82, 2.24) is 10.6 Å². The van der Waals surface area contributed by atoms with Gasteiger partial charge in [0.1, 0.15) is 11.5 Å². The predicted molar refractivity (Wildman–Crippen MR) is 69.5 cm³/mol. The summed E-state index contributed by atoms with van der Waals surface area (Å²) in [6, 6.07) is 3.84. The molecule has 0 saturated heterocycles. The van der Waals surface area contributed by atoms with E-state index in [4.69, 9.17) is 0 Å². The van der Waals surface area contributed by atoms with Gasteiger partial charge in [-0.3, -0.25) is 10.1 Å². The first-order valence-electron chi connectivity index (χ1n) is 6.02. The number of likely N-dealkylation sites (N-methyl/N-ethyl adjacent to an activating group) is 1. The van der Waals surface area contributed by atoms with Crippen LogP contribution in [-0.2, 0) is 4.79 Å². The quantitative estimate of drug-likeness (QED) is 0.636. The molecule has 0 spiro atoms. The van der Waals surface area contributed by atoms with Crippen LogP contribution in [0.15, 0.2) is 18.2 Å². The molecule has 0 saturated carbocycles. The Morgan fingerprint density at radius 3 is 2.33 bits per heavy atom. The fraction of sp³-hybridized carbons (Fsp3) is 0.462. The van der Waals surface area contributed by atoms with Crippen LogP contribution in [0.1, 0.15) is 32.4 Å². The summed E-state index contributed by atoms with van der Waals surface area (Å²) in [5, 5.41) is 25.2. The minimum atomic E-state index is -0.404. The van der Waals surface area contributed by atoms with Crippen LogP contribution in [0.2, 0.25) is 0 Å². The van der Waals surface area contributed by atoms with E-state index in [9.17, 15) is 15.0 Å². The van der Waals surface area contributed by atoms with Crippen molar-refractivity contribution in [2.24, 2.45) is 0 Å². The zero-order valence-corrected chi connectivity index (χ0v) is 10.9. The summed E-state index contributed by atoms with van der Waals surface area (Å²) in [7, 11) is 0. The fourth-order valence-corrected chi connectivity index (χ4v) is 1.85. The van der Waals surface area contributed by atoms with Crippen molar-refractivity contribution in [3.05, 3.63) is 23.8 Å². The summed E-state index contributed by atoms with van der Waals surface area (Å²) in [4.78, 5) is 11.6. The van der Waals surface area contributed by atoms with Gasteiger partial charge in [-0.1, -0.05) is 6.07 Å². The highest BCUT2D eigenvalue weighted by Gasteiger charge is 2.19. The molecule has 0 aliphatic rings. The number of aromatic hydroxyl groups is 2. The highest BCUT2D eigenvalue weighted by molar-refractivity contribution is 5.81. The summed E-state index contributed by atoms with van der Waals surface area (Å²) in [6.07, 6.45) is 0. The Morgan fingerprint density at radius 1 is 1.28 bits per heavy atom. The minimum Gasteiger partial charge on any atom is -0.507 e. The highest BCUT2D eigenvalue weighted by atomic mass is 16.3. The molecule has 0 fully saturated rings. The topological polar surface area (TPSA) is 81.6 Å². The number of rotatable bonds is 5. The third-order valence-electron chi connectivity index (χ3n) is 2.74. The van der Waals surface area contributed by atoms with Crippen LogP contribution in [0, 0.1) is 0 Å². The van der Waals surface area contributed by atoms with Crippen LogP contribution in [0.25, 0.3) is 0 Å². The van der Waals surface area contributed by atoms with Crippen molar-refractivity contribution >= 4 is 5.91 Å². The number of benzene rings is 1. The molecule has 18 heavy (non-hydrogen) atoms. The molecule has 0 aliphatic heterocycles. The number of phenolic OH excluding ortho intramolecular Hbond substituents is 2. The Hall–Kier alpha value is -1.75. The minimum absolute atomic E-state index is 0.0121. The van der Waals surface area contributed by atoms with Crippen molar-refractivity contribution in [2.45, 2.75) is 32.9 Å². The first-order valence-corrected chi connectivity index (χ1v) is 6.02. The summed E-state index contributed by atoms with van der Waals surface area (Å²) >= 11 is 0. The number of hydrogen-bond acceptors (Lipinski definition) is 4. The summed E-state index contributed by atoms with van der Waals surface area (Å²) in [5.41, 5.74) is 0.397. The van der Waals surface area contributed by atoms with E-state index in [1.807, 2.05) is 6.92 Å². The molecule has 5 nitrogen and oxygen atoms in total. The lowest BCUT2D eigenvalue weighted by molar-refractivity contribution is -0.122. The Bertz CT molecular complexity index is 400. The van der Waals surface area contributed by atoms with Crippen molar-refractivity contribution in [3.8, 4) is 11.5 Å². The third kappa shape index (κ3) is 3.37. The van der Waals surface area contributed by atoms with Gasteiger partial charge in [0.2, 0.25) is 5.91 Å². The first-order chi connectivity index (χ1) is 8.47. The number of hydrogen-bond donors (Lipinski definition) is 4. The first kappa shape index (κ1) is 14.3. The molecule has 1 rings (SSSR count). The van der Waals surface area contributed by atoms with E-state index in [0.29, 0.717) is 12.1 Å². The molecule has 2 unspecified atom stereocenters. The second kappa shape index (κ2) is 6.26. The van der Waals surface area contributed by atoms with E-state index in [1.54, 1.807) is 19.9 Å². The van der Waals surface area contributed by atoms with Gasteiger partial charge in [-0.25, -0.2) is 0 Å². The molecule has 100 valence electrons. The van der Waals surface area contributed by atoms with Crippen LogP contribution < -0.4 is 10.6 Å². The largest absolute Gasteiger partial charge is 0.507 e. The predicted octanol–water partition coefficient (Wildman–Crippen LogP) is 1.27. The molecule has 0 heterocycles. The lowest BCUT2D eigenvalue weighted by atomic mass is 10.0. The molecule has 2 atom stereocenters. The summed E-state index contributed by atoms with van der Waals surface area (Å²) < 4.78 is 0. The van der Waals surface area contributed by atoms with E-state index in [0.717, 1.165) is 0 Å². The zero-order valence-electron chi connectivity index (χ0n) is 10.9. The van der Waals surface area contributed by atoms with E-state index in [2.05, 4.69) is 10.6 Å². The molecule has 1 amide bonds. The molecular formula is C13H20N2O3. The van der Waals surface area contributed by atoms with Crippen molar-refractivity contribution < 1.29 is 15.0 Å². The smallest absolute Gasteiger partial charge is 0.236 e. The molecule has 1 aromatic rings. The lowest BCUT2D eigenvalue weighted by Crippen LogP contribution is -2.43. The van der Waals surface area contributed by atoms with Gasteiger partial charge in [0.25, 0.3) is 0 Å². The molecule has 1 aromatic carbocycles. The third-order valence-corrected chi connectivity index (χ3v) is 2.74. The standard InChI is InChI=1S/C13H20N2O3/c1-4-14-13(18)9(3)15-8(2)12-10(16)6-5-7-11(12)17/h5-9,15-17H,4H2,1-3H3,(H,14,18). The normalized spacial score (nSPS) is 13.9. The molecule has 0 aliphatic carbocycles. The Labute approximate surface area is 107 Å². The molecule has 0 radical (unpaired) electrons. The Kier molecular flexibility index (Phi) is 4.97. The second-order valence-corrected chi connectivity index (χ2v) is 4.21. The number of amides is 1. The molecule has 4 N–H and O–H groups in total. The molecule has 5 heteroatoms. The summed E-state index contributed by atoms with van der Waals surface area (Å²) in [6.45, 7) is 5.94. The van der Waals surface area contributed by atoms with E-state index >= 15 is 0 Å². The van der Waals surface area contributed by atoms with Gasteiger partial charge in [0.05, 0.1) is 11.6 Å². The second-order valence-electron chi connectivity index (χ2n) is 4.21. The number of phenols is 2. The van der Waals surface area contributed by atoms with Gasteiger partial charge >= 0.3 is 0 Å². The maximum Gasteiger partial charge on any atom is 0.236 e. The number of nitrogens with one attached hydrogen (secondary N) is 2. The maximum atomic E-state index is 11.6. The van der Waals surface area contributed by atoms with Gasteiger partial charge in [-0.05, 0) is 32.9 Å². The number of carbonyl (C=O) groups is 1. The van der Waals surface area contributed by atoms with Crippen LogP contribution in [0.3, 0.4) is 0 Å². The lowest BCUT2D eigenvalue weighted by Gasteiger charge is -2.21. The van der Waals surface area contributed by atoms with Crippen molar-refractivity contribution in [1.29, 1.82) is 0 Å². The average molecular weight is 252 g/mol. The Morgan fingerprint density at radius 2 is 1.83 bits per heavy atom. The van der Waals surface area contributed by atoms with Gasteiger partial charge in [0, 0.05) is 12.6 Å². The van der Waals surface area contributed by atoms with E-state index < -0.39 is 6.04 Å². The number of carbonyl (C=O) groups excluding carboxylic acids is 1. The fourth-order valence-electron chi connectivity index (χ4n) is 1.85. The molecular weight excluding hydrogens is 232 g/mol. The maximum absolute atomic E-state index is 11.6. The zero-order chi connectivity index (χ0) is 13.7. The highest BCUT2D eigenvalue weighted by Crippen LogP contribution is 2.32. The van der Waals surface area contributed by atoms with Gasteiger partial charge < -0.3 is 15.5 Å². The average Bonchev–Trinajstić information content (AvgIpc) is 2.28. The van der Waals surface area contributed by atoms with E-state index in [-0.39, 0.29) is 23.4 Å². The molecule has 0 aromatic heterocycles. The molecule has 0 bridgehead atoms. The van der Waals surface area contributed by atoms with Crippen LogP contribution in [0.4, 0.5) is 0 Å². The van der Waals surface area contributed by atoms with Crippen molar-refractivity contribution in [2.75, 3.05) is 6.54 Å². The Balaban J connectivity index is 2.76. The van der Waals surface area contributed by atoms with Crippen LogP contribution in [-0.4, -0.2) is 28.7 Å². The van der Waals surface area contributed by atoms with Gasteiger partial charge in [-0.15, -0.1) is 0 Å². The monoisotopic (exact) mass is 252 g/mol. The van der Waals surface area contributed by atoms with Gasteiger partial charge in [0.15, 0.2) is 0 Å². The van der Waals surface area contributed by atoms with E-state index in [1.165, 1.54) is 12.1 Å².